The predicted octanol–water partition coefficient (Wildman–Crippen LogP) is 16.5. The van der Waals surface area contributed by atoms with Gasteiger partial charge in [-0.2, -0.15) is 0 Å². The third-order valence-corrected chi connectivity index (χ3v) is 13.8. The number of thiophene rings is 1. The van der Waals surface area contributed by atoms with Crippen LogP contribution in [0.2, 0.25) is 0 Å². The molecule has 0 atom stereocenters. The van der Waals surface area contributed by atoms with Crippen LogP contribution in [0.15, 0.2) is 199 Å². The molecular formula is C57H34OS. The third kappa shape index (κ3) is 4.91. The summed E-state index contributed by atoms with van der Waals surface area (Å²) in [6.07, 6.45) is 0.973. The second-order valence-electron chi connectivity index (χ2n) is 15.9. The van der Waals surface area contributed by atoms with Crippen LogP contribution in [0.1, 0.15) is 11.1 Å². The molecule has 0 bridgehead atoms. The molecule has 13 rings (SSSR count). The Morgan fingerprint density at radius 1 is 0.356 bits per heavy atom. The maximum absolute atomic E-state index is 6.82. The van der Waals surface area contributed by atoms with Gasteiger partial charge in [0.05, 0.1) is 0 Å². The van der Waals surface area contributed by atoms with Gasteiger partial charge in [0, 0.05) is 36.7 Å². The van der Waals surface area contributed by atoms with E-state index in [0.717, 1.165) is 39.8 Å². The summed E-state index contributed by atoms with van der Waals surface area (Å²) in [5.74, 6) is 0.911. The second kappa shape index (κ2) is 12.6. The van der Waals surface area contributed by atoms with Crippen molar-refractivity contribution in [2.45, 2.75) is 6.42 Å². The van der Waals surface area contributed by atoms with E-state index in [1.807, 2.05) is 11.3 Å². The van der Waals surface area contributed by atoms with Crippen molar-refractivity contribution in [1.82, 2.24) is 0 Å². The molecule has 1 nitrogen and oxygen atoms in total. The molecule has 2 heterocycles. The van der Waals surface area contributed by atoms with Crippen LogP contribution in [-0.4, -0.2) is 0 Å². The number of benzene rings is 10. The van der Waals surface area contributed by atoms with Crippen LogP contribution in [0, 0.1) is 0 Å². The zero-order valence-electron chi connectivity index (χ0n) is 32.0. The first-order chi connectivity index (χ1) is 29.2. The molecule has 0 saturated carbocycles. The molecule has 0 amide bonds. The highest BCUT2D eigenvalue weighted by atomic mass is 32.1. The molecule has 0 radical (unpaired) electrons. The molecular weight excluding hydrogens is 733 g/mol. The Kier molecular flexibility index (Phi) is 7.01. The normalized spacial score (nSPS) is 12.3. The minimum atomic E-state index is 0.908. The number of furan rings is 1. The summed E-state index contributed by atoms with van der Waals surface area (Å²) in [5, 5.41) is 11.4. The van der Waals surface area contributed by atoms with E-state index in [1.54, 1.807) is 0 Å². The van der Waals surface area contributed by atoms with Gasteiger partial charge in [0.15, 0.2) is 0 Å². The summed E-state index contributed by atoms with van der Waals surface area (Å²) in [7, 11) is 0. The monoisotopic (exact) mass is 766 g/mol. The molecule has 12 aromatic rings. The van der Waals surface area contributed by atoms with Crippen LogP contribution in [0.3, 0.4) is 0 Å². The summed E-state index contributed by atoms with van der Waals surface area (Å²) >= 11 is 1.86. The maximum Gasteiger partial charge on any atom is 0.143 e. The van der Waals surface area contributed by atoms with Gasteiger partial charge >= 0.3 is 0 Å². The first-order valence-electron chi connectivity index (χ1n) is 20.4. The lowest BCUT2D eigenvalue weighted by molar-refractivity contribution is 0.633. The Bertz CT molecular complexity index is 3620. The van der Waals surface area contributed by atoms with Crippen molar-refractivity contribution in [2.24, 2.45) is 0 Å². The van der Waals surface area contributed by atoms with Crippen LogP contribution in [-0.2, 0) is 6.42 Å². The van der Waals surface area contributed by atoms with Crippen molar-refractivity contribution in [3.05, 3.63) is 205 Å². The molecule has 1 aliphatic carbocycles. The third-order valence-electron chi connectivity index (χ3n) is 12.7. The molecule has 10 aromatic carbocycles. The van der Waals surface area contributed by atoms with Crippen molar-refractivity contribution in [2.75, 3.05) is 0 Å². The van der Waals surface area contributed by atoms with Gasteiger partial charge < -0.3 is 4.42 Å². The van der Waals surface area contributed by atoms with Crippen LogP contribution in [0.25, 0.3) is 119 Å². The highest BCUT2D eigenvalue weighted by molar-refractivity contribution is 7.25. The van der Waals surface area contributed by atoms with Crippen molar-refractivity contribution in [1.29, 1.82) is 0 Å². The molecule has 59 heavy (non-hydrogen) atoms. The highest BCUT2D eigenvalue weighted by Gasteiger charge is 2.24. The van der Waals surface area contributed by atoms with E-state index in [4.69, 9.17) is 4.42 Å². The highest BCUT2D eigenvalue weighted by Crippen LogP contribution is 2.49. The summed E-state index contributed by atoms with van der Waals surface area (Å²) in [6, 6.07) is 71.5. The molecule has 0 spiro atoms. The summed E-state index contributed by atoms with van der Waals surface area (Å²) < 4.78 is 9.36. The SMILES string of the molecule is c1ccc(-c2oc3cc4c(cc3c2-c2ccccc2)sc2ccc(-c3c5ccccc5c(-c5ccc6c(c5)-c5ccc7ccccc7c5C6)c5ccccc35)cc24)cc1. The van der Waals surface area contributed by atoms with E-state index in [1.165, 1.54) is 97.0 Å². The van der Waals surface area contributed by atoms with Crippen LogP contribution < -0.4 is 0 Å². The Morgan fingerprint density at radius 2 is 0.949 bits per heavy atom. The van der Waals surface area contributed by atoms with Gasteiger partial charge in [-0.25, -0.2) is 0 Å². The van der Waals surface area contributed by atoms with Crippen LogP contribution in [0.5, 0.6) is 0 Å². The number of hydrogen-bond donors (Lipinski definition) is 0. The van der Waals surface area contributed by atoms with E-state index in [-0.39, 0.29) is 0 Å². The summed E-state index contributed by atoms with van der Waals surface area (Å²) in [4.78, 5) is 0. The van der Waals surface area contributed by atoms with Crippen molar-refractivity contribution in [3.63, 3.8) is 0 Å². The van der Waals surface area contributed by atoms with Gasteiger partial charge in [-0.1, -0.05) is 164 Å². The number of hydrogen-bond acceptors (Lipinski definition) is 2. The average molecular weight is 767 g/mol. The molecule has 0 unspecified atom stereocenters. The van der Waals surface area contributed by atoms with Crippen LogP contribution >= 0.6 is 11.3 Å². The zero-order valence-corrected chi connectivity index (χ0v) is 32.8. The predicted molar refractivity (Wildman–Crippen MR) is 252 cm³/mol. The van der Waals surface area contributed by atoms with Gasteiger partial charge in [0.1, 0.15) is 11.3 Å². The van der Waals surface area contributed by atoms with E-state index in [9.17, 15) is 0 Å². The molecule has 274 valence electrons. The smallest absolute Gasteiger partial charge is 0.143 e. The maximum atomic E-state index is 6.82. The Hall–Kier alpha value is -7.26. The Morgan fingerprint density at radius 3 is 1.66 bits per heavy atom. The van der Waals surface area contributed by atoms with Gasteiger partial charge in [0.2, 0.25) is 0 Å². The van der Waals surface area contributed by atoms with Crippen molar-refractivity contribution in [3.8, 4) is 55.8 Å². The van der Waals surface area contributed by atoms with Gasteiger partial charge in [-0.15, -0.1) is 11.3 Å². The second-order valence-corrected chi connectivity index (χ2v) is 17.0. The molecule has 0 aliphatic heterocycles. The lowest BCUT2D eigenvalue weighted by Gasteiger charge is -2.18. The molecule has 2 heteroatoms. The molecule has 0 saturated heterocycles. The van der Waals surface area contributed by atoms with Crippen molar-refractivity contribution >= 4 is 74.8 Å². The number of fused-ring (bicyclic) bond motifs is 11. The van der Waals surface area contributed by atoms with Crippen molar-refractivity contribution < 1.29 is 4.42 Å². The largest absolute Gasteiger partial charge is 0.455 e. The number of rotatable bonds is 4. The first kappa shape index (κ1) is 32.8. The average Bonchev–Trinajstić information content (AvgIpc) is 3.98. The summed E-state index contributed by atoms with van der Waals surface area (Å²) in [6.45, 7) is 0. The van der Waals surface area contributed by atoms with E-state index >= 15 is 0 Å². The van der Waals surface area contributed by atoms with Gasteiger partial charge in [-0.3, -0.25) is 0 Å². The van der Waals surface area contributed by atoms with Gasteiger partial charge in [0.25, 0.3) is 0 Å². The fourth-order valence-corrected chi connectivity index (χ4v) is 11.2. The summed E-state index contributed by atoms with van der Waals surface area (Å²) in [5.41, 5.74) is 14.9. The van der Waals surface area contributed by atoms with E-state index < -0.39 is 0 Å². The molecule has 0 N–H and O–H groups in total. The Balaban J connectivity index is 1.01. The van der Waals surface area contributed by atoms with E-state index in [0.29, 0.717) is 0 Å². The first-order valence-corrected chi connectivity index (χ1v) is 21.2. The Labute approximate surface area is 345 Å². The minimum absolute atomic E-state index is 0.908. The fraction of sp³-hybridized carbons (Fsp3) is 0.0175. The minimum Gasteiger partial charge on any atom is -0.455 e. The topological polar surface area (TPSA) is 13.1 Å². The molecule has 1 aliphatic rings. The zero-order chi connectivity index (χ0) is 38.6. The van der Waals surface area contributed by atoms with Crippen LogP contribution in [0.4, 0.5) is 0 Å². The quantitative estimate of drug-likeness (QED) is 0.163. The fourth-order valence-electron chi connectivity index (χ4n) is 10.1. The lowest BCUT2D eigenvalue weighted by atomic mass is 9.85. The van der Waals surface area contributed by atoms with E-state index in [2.05, 4.69) is 194 Å². The van der Waals surface area contributed by atoms with Gasteiger partial charge in [-0.05, 0) is 119 Å². The molecule has 0 fully saturated rings. The lowest BCUT2D eigenvalue weighted by Crippen LogP contribution is -1.91. The standard InChI is InChI=1S/C57H34OS/c1-3-14-35(15-4-1)56-50-33-53-49(32-51(50)58-57(56)36-16-5-2-6-17-36)48-31-39(26-28-52(48)59-53)55-44-21-11-9-19-42(44)54(43-20-10-12-22-45(43)55)38-24-23-37-29-47-40-18-8-7-13-34(40)25-27-41(47)46(37)30-38/h1-28,30-33H,29H2. The molecule has 2 aromatic heterocycles.